The molecule has 0 atom stereocenters. The third kappa shape index (κ3) is 1.74. The molecule has 4 aromatic rings. The molecule has 0 aliphatic heterocycles. The molecule has 0 aliphatic rings. The summed E-state index contributed by atoms with van der Waals surface area (Å²) in [6.45, 7) is 0. The van der Waals surface area contributed by atoms with E-state index in [-0.39, 0.29) is 0 Å². The molecule has 4 heterocycles. The van der Waals surface area contributed by atoms with E-state index in [1.165, 1.54) is 0 Å². The predicted octanol–water partition coefficient (Wildman–Crippen LogP) is 2.03. The number of hydrogen-bond donors (Lipinski definition) is 0. The van der Waals surface area contributed by atoms with Crippen molar-refractivity contribution in [2.45, 2.75) is 0 Å². The molecule has 0 unspecified atom stereocenters. The van der Waals surface area contributed by atoms with Crippen molar-refractivity contribution in [2.75, 3.05) is 0 Å². The SMILES string of the molecule is c1cnc2nc(-c3cnc4cccnc4n3)ncc2c1. The maximum Gasteiger partial charge on any atom is 0.181 e. The molecule has 0 bridgehead atoms. The van der Waals surface area contributed by atoms with E-state index >= 15 is 0 Å². The standard InChI is InChI=1S/C14H8N6/c1-3-9-7-18-14(20-12(9)15-5-1)11-8-17-10-4-2-6-16-13(10)19-11/h1-8H. The third-order valence-corrected chi connectivity index (χ3v) is 2.90. The lowest BCUT2D eigenvalue weighted by Gasteiger charge is -2.01. The number of pyridine rings is 2. The van der Waals surface area contributed by atoms with E-state index in [1.807, 2.05) is 24.3 Å². The van der Waals surface area contributed by atoms with Gasteiger partial charge in [-0.1, -0.05) is 0 Å². The molecule has 0 fully saturated rings. The Morgan fingerprint density at radius 3 is 2.50 bits per heavy atom. The van der Waals surface area contributed by atoms with Gasteiger partial charge in [-0.2, -0.15) is 0 Å². The molecule has 0 aromatic carbocycles. The van der Waals surface area contributed by atoms with Crippen LogP contribution in [0.3, 0.4) is 0 Å². The van der Waals surface area contributed by atoms with E-state index in [1.54, 1.807) is 24.8 Å². The van der Waals surface area contributed by atoms with Crippen molar-refractivity contribution < 1.29 is 0 Å². The van der Waals surface area contributed by atoms with Crippen molar-refractivity contribution in [3.05, 3.63) is 49.1 Å². The van der Waals surface area contributed by atoms with Gasteiger partial charge in [0.25, 0.3) is 0 Å². The highest BCUT2D eigenvalue weighted by Gasteiger charge is 2.07. The number of hydrogen-bond acceptors (Lipinski definition) is 6. The van der Waals surface area contributed by atoms with Crippen LogP contribution in [0, 0.1) is 0 Å². The molecule has 0 radical (unpaired) electrons. The van der Waals surface area contributed by atoms with Crippen LogP contribution in [0.5, 0.6) is 0 Å². The summed E-state index contributed by atoms with van der Waals surface area (Å²) >= 11 is 0. The predicted molar refractivity (Wildman–Crippen MR) is 73.7 cm³/mol. The number of aromatic nitrogens is 6. The quantitative estimate of drug-likeness (QED) is 0.521. The highest BCUT2D eigenvalue weighted by atomic mass is 15.0. The van der Waals surface area contributed by atoms with Crippen LogP contribution in [0.15, 0.2) is 49.1 Å². The van der Waals surface area contributed by atoms with Crippen LogP contribution < -0.4 is 0 Å². The first-order valence-corrected chi connectivity index (χ1v) is 6.06. The van der Waals surface area contributed by atoms with Crippen molar-refractivity contribution in [1.82, 2.24) is 29.9 Å². The van der Waals surface area contributed by atoms with Crippen LogP contribution >= 0.6 is 0 Å². The molecule has 0 saturated heterocycles. The Morgan fingerprint density at radius 1 is 0.700 bits per heavy atom. The Bertz CT molecular complexity index is 844. The number of rotatable bonds is 1. The summed E-state index contributed by atoms with van der Waals surface area (Å²) in [6, 6.07) is 7.46. The summed E-state index contributed by atoms with van der Waals surface area (Å²) in [4.78, 5) is 25.8. The maximum atomic E-state index is 4.43. The lowest BCUT2D eigenvalue weighted by molar-refractivity contribution is 1.13. The largest absolute Gasteiger partial charge is 0.251 e. The van der Waals surface area contributed by atoms with Crippen LogP contribution in [0.2, 0.25) is 0 Å². The zero-order valence-electron chi connectivity index (χ0n) is 10.3. The Kier molecular flexibility index (Phi) is 2.32. The molecule has 94 valence electrons. The fraction of sp³-hybridized carbons (Fsp3) is 0. The minimum Gasteiger partial charge on any atom is -0.251 e. The van der Waals surface area contributed by atoms with Gasteiger partial charge in [-0.15, -0.1) is 0 Å². The zero-order valence-corrected chi connectivity index (χ0v) is 10.3. The second kappa shape index (κ2) is 4.27. The van der Waals surface area contributed by atoms with Gasteiger partial charge >= 0.3 is 0 Å². The van der Waals surface area contributed by atoms with Gasteiger partial charge in [-0.3, -0.25) is 4.98 Å². The summed E-state index contributed by atoms with van der Waals surface area (Å²) in [6.07, 6.45) is 6.76. The lowest BCUT2D eigenvalue weighted by Crippen LogP contribution is -1.96. The van der Waals surface area contributed by atoms with Gasteiger partial charge in [-0.05, 0) is 24.3 Å². The normalized spacial score (nSPS) is 11.0. The molecular formula is C14H8N6. The maximum absolute atomic E-state index is 4.43. The first kappa shape index (κ1) is 10.9. The van der Waals surface area contributed by atoms with Crippen LogP contribution in [0.25, 0.3) is 33.7 Å². The van der Waals surface area contributed by atoms with E-state index in [2.05, 4.69) is 29.9 Å². The first-order valence-electron chi connectivity index (χ1n) is 6.06. The lowest BCUT2D eigenvalue weighted by atomic mass is 10.3. The molecule has 0 saturated carbocycles. The van der Waals surface area contributed by atoms with Gasteiger partial charge < -0.3 is 0 Å². The van der Waals surface area contributed by atoms with Crippen molar-refractivity contribution in [2.24, 2.45) is 0 Å². The minimum atomic E-state index is 0.497. The molecule has 6 nitrogen and oxygen atoms in total. The van der Waals surface area contributed by atoms with Gasteiger partial charge in [0, 0.05) is 24.0 Å². The van der Waals surface area contributed by atoms with Crippen LogP contribution in [0.1, 0.15) is 0 Å². The zero-order chi connectivity index (χ0) is 13.4. The molecule has 20 heavy (non-hydrogen) atoms. The molecule has 0 spiro atoms. The van der Waals surface area contributed by atoms with Crippen LogP contribution in [-0.4, -0.2) is 29.9 Å². The monoisotopic (exact) mass is 260 g/mol. The topological polar surface area (TPSA) is 77.3 Å². The molecule has 4 aromatic heterocycles. The Hall–Kier alpha value is -3.02. The van der Waals surface area contributed by atoms with E-state index in [0.29, 0.717) is 22.8 Å². The molecular weight excluding hydrogens is 252 g/mol. The average Bonchev–Trinajstić information content (AvgIpc) is 2.54. The fourth-order valence-corrected chi connectivity index (χ4v) is 1.94. The molecule has 0 amide bonds. The van der Waals surface area contributed by atoms with Gasteiger partial charge in [0.05, 0.1) is 6.20 Å². The average molecular weight is 260 g/mol. The van der Waals surface area contributed by atoms with Crippen molar-refractivity contribution in [3.8, 4) is 11.5 Å². The van der Waals surface area contributed by atoms with Crippen molar-refractivity contribution in [3.63, 3.8) is 0 Å². The number of fused-ring (bicyclic) bond motifs is 2. The summed E-state index contributed by atoms with van der Waals surface area (Å²) in [5.74, 6) is 0.497. The second-order valence-corrected chi connectivity index (χ2v) is 4.21. The summed E-state index contributed by atoms with van der Waals surface area (Å²) in [7, 11) is 0. The van der Waals surface area contributed by atoms with Crippen LogP contribution in [-0.2, 0) is 0 Å². The van der Waals surface area contributed by atoms with E-state index < -0.39 is 0 Å². The minimum absolute atomic E-state index is 0.497. The van der Waals surface area contributed by atoms with Crippen molar-refractivity contribution >= 4 is 22.2 Å². The van der Waals surface area contributed by atoms with E-state index in [0.717, 1.165) is 10.9 Å². The van der Waals surface area contributed by atoms with Gasteiger partial charge in [0.15, 0.2) is 17.1 Å². The fourth-order valence-electron chi connectivity index (χ4n) is 1.94. The molecule has 4 rings (SSSR count). The molecule has 6 heteroatoms. The van der Waals surface area contributed by atoms with Crippen LogP contribution in [0.4, 0.5) is 0 Å². The highest BCUT2D eigenvalue weighted by molar-refractivity contribution is 5.76. The van der Waals surface area contributed by atoms with E-state index in [9.17, 15) is 0 Å². The first-order chi connectivity index (χ1) is 9.90. The van der Waals surface area contributed by atoms with Gasteiger partial charge in [0.2, 0.25) is 0 Å². The van der Waals surface area contributed by atoms with Gasteiger partial charge in [-0.25, -0.2) is 24.9 Å². The van der Waals surface area contributed by atoms with Crippen molar-refractivity contribution in [1.29, 1.82) is 0 Å². The summed E-state index contributed by atoms with van der Waals surface area (Å²) in [5.41, 5.74) is 2.55. The summed E-state index contributed by atoms with van der Waals surface area (Å²) < 4.78 is 0. The van der Waals surface area contributed by atoms with E-state index in [4.69, 9.17) is 0 Å². The smallest absolute Gasteiger partial charge is 0.181 e. The second-order valence-electron chi connectivity index (χ2n) is 4.21. The highest BCUT2D eigenvalue weighted by Crippen LogP contribution is 2.16. The molecule has 0 N–H and O–H groups in total. The Morgan fingerprint density at radius 2 is 1.55 bits per heavy atom. The Balaban J connectivity index is 1.91. The third-order valence-electron chi connectivity index (χ3n) is 2.90. The Labute approximate surface area is 113 Å². The summed E-state index contributed by atoms with van der Waals surface area (Å²) in [5, 5.41) is 0.892. The number of nitrogens with zero attached hydrogens (tertiary/aromatic N) is 6. The molecule has 0 aliphatic carbocycles. The van der Waals surface area contributed by atoms with Gasteiger partial charge in [0.1, 0.15) is 11.2 Å².